The van der Waals surface area contributed by atoms with Crippen molar-refractivity contribution >= 4 is 32.0 Å². The molecule has 2 aromatic rings. The lowest BCUT2D eigenvalue weighted by atomic mass is 10.0. The summed E-state index contributed by atoms with van der Waals surface area (Å²) < 4.78 is 24.4. The maximum absolute atomic E-state index is 12.2. The second kappa shape index (κ2) is 3.36. The van der Waals surface area contributed by atoms with Crippen LogP contribution in [0.2, 0.25) is 0 Å². The monoisotopic (exact) mass is 272 g/mol. The maximum Gasteiger partial charge on any atom is 0.200 e. The van der Waals surface area contributed by atoms with Gasteiger partial charge in [-0.2, -0.15) is 0 Å². The highest BCUT2D eigenvalue weighted by Gasteiger charge is 2.36. The van der Waals surface area contributed by atoms with Gasteiger partial charge >= 0.3 is 0 Å². The average molecular weight is 272 g/mol. The Hall–Kier alpha value is -1.88. The van der Waals surface area contributed by atoms with Gasteiger partial charge in [-0.3, -0.25) is 4.98 Å². The highest BCUT2D eigenvalue weighted by molar-refractivity contribution is 7.95. The molecule has 1 aliphatic carbocycles. The summed E-state index contributed by atoms with van der Waals surface area (Å²) in [5, 5.41) is 2.12. The topological polar surface area (TPSA) is 73.0 Å². The largest absolute Gasteiger partial charge is 0.398 e. The number of nitrogens with zero attached hydrogens (tertiary/aromatic N) is 1. The number of fused-ring (bicyclic) bond motifs is 2. The lowest BCUT2D eigenvalue weighted by Gasteiger charge is -2.07. The van der Waals surface area contributed by atoms with E-state index >= 15 is 0 Å². The lowest BCUT2D eigenvalue weighted by Crippen LogP contribution is -1.96. The van der Waals surface area contributed by atoms with Crippen LogP contribution < -0.4 is 5.73 Å². The van der Waals surface area contributed by atoms with E-state index in [4.69, 9.17) is 5.73 Å². The molecule has 96 valence electrons. The van der Waals surface area contributed by atoms with E-state index in [-0.39, 0.29) is 0 Å². The molecule has 0 spiro atoms. The molecule has 4 rings (SSSR count). The van der Waals surface area contributed by atoms with Gasteiger partial charge in [-0.05, 0) is 48.1 Å². The van der Waals surface area contributed by atoms with Crippen molar-refractivity contribution in [3.8, 4) is 0 Å². The maximum atomic E-state index is 12.2. The van der Waals surface area contributed by atoms with Gasteiger partial charge in [0.05, 0.1) is 10.4 Å². The van der Waals surface area contributed by atoms with E-state index in [9.17, 15) is 8.42 Å². The summed E-state index contributed by atoms with van der Waals surface area (Å²) in [6, 6.07) is 5.20. The molecular weight excluding hydrogens is 260 g/mol. The predicted octanol–water partition coefficient (Wildman–Crippen LogP) is 2.36. The summed E-state index contributed by atoms with van der Waals surface area (Å²) in [5.41, 5.74) is 8.96. The van der Waals surface area contributed by atoms with Gasteiger partial charge < -0.3 is 5.73 Å². The normalized spacial score (nSPS) is 20.3. The fourth-order valence-corrected chi connectivity index (χ4v) is 4.21. The molecule has 0 unspecified atom stereocenters. The predicted molar refractivity (Wildman–Crippen MR) is 74.0 cm³/mol. The molecule has 0 bridgehead atoms. The molecule has 1 aromatic carbocycles. The van der Waals surface area contributed by atoms with Crippen LogP contribution in [0, 0.1) is 5.92 Å². The summed E-state index contributed by atoms with van der Waals surface area (Å²) >= 11 is 0. The van der Waals surface area contributed by atoms with E-state index in [0.29, 0.717) is 21.9 Å². The van der Waals surface area contributed by atoms with Crippen molar-refractivity contribution in [3.05, 3.63) is 35.4 Å². The number of sulfone groups is 1. The SMILES string of the molecule is Nc1ccnc2cc3c(cc12)S(=O)(=O)C=C3C1CC1. The van der Waals surface area contributed by atoms with Gasteiger partial charge in [0, 0.05) is 22.7 Å². The van der Waals surface area contributed by atoms with Crippen molar-refractivity contribution in [1.29, 1.82) is 0 Å². The molecule has 1 saturated carbocycles. The van der Waals surface area contributed by atoms with Crippen LogP contribution in [0.5, 0.6) is 0 Å². The van der Waals surface area contributed by atoms with Crippen LogP contribution in [0.4, 0.5) is 5.69 Å². The number of benzene rings is 1. The molecule has 1 aliphatic heterocycles. The van der Waals surface area contributed by atoms with Crippen LogP contribution >= 0.6 is 0 Å². The number of anilines is 1. The first-order valence-corrected chi connectivity index (χ1v) is 7.76. The highest BCUT2D eigenvalue weighted by atomic mass is 32.2. The minimum absolute atomic E-state index is 0.376. The molecular formula is C14H12N2O2S. The van der Waals surface area contributed by atoms with E-state index in [1.54, 1.807) is 18.3 Å². The lowest BCUT2D eigenvalue weighted by molar-refractivity contribution is 0.605. The Morgan fingerprint density at radius 2 is 2.05 bits per heavy atom. The molecule has 2 heterocycles. The number of aromatic nitrogens is 1. The minimum atomic E-state index is -3.31. The Balaban J connectivity index is 2.09. The van der Waals surface area contributed by atoms with Gasteiger partial charge in [0.1, 0.15) is 0 Å². The Morgan fingerprint density at radius 1 is 1.26 bits per heavy atom. The number of allylic oxidation sites excluding steroid dienone is 1. The van der Waals surface area contributed by atoms with Crippen molar-refractivity contribution in [1.82, 2.24) is 4.98 Å². The smallest absolute Gasteiger partial charge is 0.200 e. The van der Waals surface area contributed by atoms with E-state index in [1.807, 2.05) is 6.07 Å². The molecule has 5 heteroatoms. The van der Waals surface area contributed by atoms with Crippen LogP contribution in [0.1, 0.15) is 18.4 Å². The zero-order valence-electron chi connectivity index (χ0n) is 10.1. The van der Waals surface area contributed by atoms with Crippen molar-refractivity contribution in [2.75, 3.05) is 5.73 Å². The van der Waals surface area contributed by atoms with Crippen LogP contribution in [0.15, 0.2) is 34.7 Å². The molecule has 1 fully saturated rings. The van der Waals surface area contributed by atoms with Gasteiger partial charge in [0.2, 0.25) is 9.84 Å². The summed E-state index contributed by atoms with van der Waals surface area (Å²) in [7, 11) is -3.31. The van der Waals surface area contributed by atoms with Crippen molar-refractivity contribution in [3.63, 3.8) is 0 Å². The van der Waals surface area contributed by atoms with Crippen molar-refractivity contribution < 1.29 is 8.42 Å². The van der Waals surface area contributed by atoms with Gasteiger partial charge in [-0.1, -0.05) is 0 Å². The summed E-state index contributed by atoms with van der Waals surface area (Å²) in [4.78, 5) is 4.66. The number of nitrogens with two attached hydrogens (primary N) is 1. The van der Waals surface area contributed by atoms with E-state index in [1.165, 1.54) is 5.41 Å². The van der Waals surface area contributed by atoms with Crippen molar-refractivity contribution in [2.45, 2.75) is 17.7 Å². The van der Waals surface area contributed by atoms with E-state index in [2.05, 4.69) is 4.98 Å². The number of hydrogen-bond donors (Lipinski definition) is 1. The number of hydrogen-bond acceptors (Lipinski definition) is 4. The first kappa shape index (κ1) is 11.0. The third kappa shape index (κ3) is 1.51. The Labute approximate surface area is 110 Å². The molecule has 19 heavy (non-hydrogen) atoms. The minimum Gasteiger partial charge on any atom is -0.398 e. The zero-order chi connectivity index (χ0) is 13.2. The molecule has 0 amide bonds. The molecule has 0 radical (unpaired) electrons. The summed E-state index contributed by atoms with van der Waals surface area (Å²) in [6.45, 7) is 0. The van der Waals surface area contributed by atoms with Gasteiger partial charge in [0.25, 0.3) is 0 Å². The fraction of sp³-hybridized carbons (Fsp3) is 0.214. The number of pyridine rings is 1. The van der Waals surface area contributed by atoms with E-state index in [0.717, 1.165) is 29.5 Å². The molecule has 2 aliphatic rings. The van der Waals surface area contributed by atoms with E-state index < -0.39 is 9.84 Å². The standard InChI is InChI=1S/C14H12N2O2S/c15-12-3-4-16-13-5-9-11(8-1-2-8)7-19(17,18)14(9)6-10(12)13/h3-8H,1-2H2,(H2,15,16). The molecule has 1 aromatic heterocycles. The molecule has 2 N–H and O–H groups in total. The zero-order valence-corrected chi connectivity index (χ0v) is 10.9. The Morgan fingerprint density at radius 3 is 2.79 bits per heavy atom. The number of rotatable bonds is 1. The second-order valence-corrected chi connectivity index (χ2v) is 6.92. The quantitative estimate of drug-likeness (QED) is 0.864. The Bertz CT molecular complexity index is 849. The van der Waals surface area contributed by atoms with Crippen LogP contribution in [-0.2, 0) is 9.84 Å². The fourth-order valence-electron chi connectivity index (χ4n) is 2.66. The third-order valence-corrected chi connectivity index (χ3v) is 5.31. The van der Waals surface area contributed by atoms with Crippen LogP contribution in [0.3, 0.4) is 0 Å². The van der Waals surface area contributed by atoms with Gasteiger partial charge in [0.15, 0.2) is 0 Å². The summed E-state index contributed by atoms with van der Waals surface area (Å²) in [5.74, 6) is 0.398. The van der Waals surface area contributed by atoms with Gasteiger partial charge in [-0.15, -0.1) is 0 Å². The number of nitrogen functional groups attached to an aromatic ring is 1. The summed E-state index contributed by atoms with van der Waals surface area (Å²) in [6.07, 6.45) is 3.79. The first-order valence-electron chi connectivity index (χ1n) is 6.21. The van der Waals surface area contributed by atoms with Crippen LogP contribution in [0.25, 0.3) is 16.5 Å². The first-order chi connectivity index (χ1) is 9.06. The van der Waals surface area contributed by atoms with Gasteiger partial charge in [-0.25, -0.2) is 8.42 Å². The third-order valence-electron chi connectivity index (χ3n) is 3.79. The van der Waals surface area contributed by atoms with Crippen LogP contribution in [-0.4, -0.2) is 13.4 Å². The second-order valence-electron chi connectivity index (χ2n) is 5.16. The molecule has 0 saturated heterocycles. The molecule has 4 nitrogen and oxygen atoms in total. The Kier molecular flexibility index (Phi) is 1.94. The average Bonchev–Trinajstić information content (AvgIpc) is 3.16. The molecule has 0 atom stereocenters. The highest BCUT2D eigenvalue weighted by Crippen LogP contribution is 2.48. The van der Waals surface area contributed by atoms with Crippen molar-refractivity contribution in [2.24, 2.45) is 5.92 Å².